The minimum atomic E-state index is -0.887. The van der Waals surface area contributed by atoms with Crippen LogP contribution in [0.25, 0.3) is 0 Å². The number of nitrogens with zero attached hydrogens (tertiary/aromatic N) is 1. The summed E-state index contributed by atoms with van der Waals surface area (Å²) in [6.07, 6.45) is 1.48. The highest BCUT2D eigenvalue weighted by molar-refractivity contribution is 5.94. The SMILES string of the molecule is O=C(NCCc1cccc(F)c1)C1CCN(C(=O)c2ccc(F)cc2F)CC1. The van der Waals surface area contributed by atoms with Crippen molar-refractivity contribution in [2.45, 2.75) is 19.3 Å². The Bertz CT molecular complexity index is 864. The molecule has 0 spiro atoms. The van der Waals surface area contributed by atoms with Crippen molar-refractivity contribution < 1.29 is 22.8 Å². The van der Waals surface area contributed by atoms with Crippen molar-refractivity contribution in [3.63, 3.8) is 0 Å². The average Bonchev–Trinajstić information content (AvgIpc) is 2.67. The van der Waals surface area contributed by atoms with E-state index in [-0.39, 0.29) is 23.2 Å². The molecule has 0 unspecified atom stereocenters. The summed E-state index contributed by atoms with van der Waals surface area (Å²) >= 11 is 0. The molecule has 0 bridgehead atoms. The second-order valence-corrected chi connectivity index (χ2v) is 6.86. The van der Waals surface area contributed by atoms with E-state index in [0.717, 1.165) is 17.7 Å². The third-order valence-corrected chi connectivity index (χ3v) is 4.92. The quantitative estimate of drug-likeness (QED) is 0.852. The summed E-state index contributed by atoms with van der Waals surface area (Å²) in [7, 11) is 0. The minimum Gasteiger partial charge on any atom is -0.356 e. The van der Waals surface area contributed by atoms with E-state index in [1.165, 1.54) is 17.0 Å². The molecule has 2 aromatic rings. The lowest BCUT2D eigenvalue weighted by molar-refractivity contribution is -0.126. The molecule has 2 aromatic carbocycles. The van der Waals surface area contributed by atoms with Crippen LogP contribution in [0.3, 0.4) is 0 Å². The van der Waals surface area contributed by atoms with Crippen molar-refractivity contribution >= 4 is 11.8 Å². The van der Waals surface area contributed by atoms with Gasteiger partial charge in [-0.15, -0.1) is 0 Å². The predicted octanol–water partition coefficient (Wildman–Crippen LogP) is 3.32. The molecule has 1 aliphatic heterocycles. The molecule has 1 aliphatic rings. The molecule has 148 valence electrons. The van der Waals surface area contributed by atoms with Crippen LogP contribution in [0.2, 0.25) is 0 Å². The van der Waals surface area contributed by atoms with Crippen molar-refractivity contribution in [3.8, 4) is 0 Å². The maximum atomic E-state index is 13.8. The van der Waals surface area contributed by atoms with Crippen molar-refractivity contribution in [2.24, 2.45) is 5.92 Å². The predicted molar refractivity (Wildman–Crippen MR) is 98.1 cm³/mol. The average molecular weight is 390 g/mol. The summed E-state index contributed by atoms with van der Waals surface area (Å²) in [4.78, 5) is 26.2. The summed E-state index contributed by atoms with van der Waals surface area (Å²) in [6.45, 7) is 1.07. The van der Waals surface area contributed by atoms with Crippen molar-refractivity contribution in [2.75, 3.05) is 19.6 Å². The molecular formula is C21H21F3N2O2. The lowest BCUT2D eigenvalue weighted by Crippen LogP contribution is -2.43. The Morgan fingerprint density at radius 1 is 1.00 bits per heavy atom. The monoisotopic (exact) mass is 390 g/mol. The number of piperidine rings is 1. The fraction of sp³-hybridized carbons (Fsp3) is 0.333. The van der Waals surface area contributed by atoms with E-state index in [1.54, 1.807) is 12.1 Å². The highest BCUT2D eigenvalue weighted by Crippen LogP contribution is 2.20. The Labute approximate surface area is 161 Å². The molecule has 4 nitrogen and oxygen atoms in total. The van der Waals surface area contributed by atoms with Crippen LogP contribution in [0.4, 0.5) is 13.2 Å². The number of nitrogens with one attached hydrogen (secondary N) is 1. The zero-order valence-electron chi connectivity index (χ0n) is 15.3. The number of hydrogen-bond donors (Lipinski definition) is 1. The van der Waals surface area contributed by atoms with Crippen molar-refractivity contribution in [1.82, 2.24) is 10.2 Å². The summed E-state index contributed by atoms with van der Waals surface area (Å²) in [5.74, 6) is -2.75. The van der Waals surface area contributed by atoms with Crippen LogP contribution in [0.15, 0.2) is 42.5 Å². The number of rotatable bonds is 5. The van der Waals surface area contributed by atoms with Crippen LogP contribution >= 0.6 is 0 Å². The molecule has 1 heterocycles. The minimum absolute atomic E-state index is 0.100. The molecule has 0 atom stereocenters. The highest BCUT2D eigenvalue weighted by atomic mass is 19.1. The molecule has 3 rings (SSSR count). The van der Waals surface area contributed by atoms with Crippen LogP contribution in [-0.2, 0) is 11.2 Å². The normalized spacial score (nSPS) is 14.8. The van der Waals surface area contributed by atoms with Crippen LogP contribution in [-0.4, -0.2) is 36.3 Å². The number of amides is 2. The van der Waals surface area contributed by atoms with Crippen molar-refractivity contribution in [3.05, 3.63) is 71.0 Å². The van der Waals surface area contributed by atoms with Gasteiger partial charge < -0.3 is 10.2 Å². The van der Waals surface area contributed by atoms with Gasteiger partial charge in [0, 0.05) is 31.6 Å². The molecule has 0 radical (unpaired) electrons. The van der Waals surface area contributed by atoms with Gasteiger partial charge in [-0.1, -0.05) is 12.1 Å². The van der Waals surface area contributed by atoms with E-state index >= 15 is 0 Å². The molecule has 2 amide bonds. The van der Waals surface area contributed by atoms with Gasteiger partial charge in [-0.2, -0.15) is 0 Å². The van der Waals surface area contributed by atoms with Crippen LogP contribution in [0, 0.1) is 23.4 Å². The fourth-order valence-corrected chi connectivity index (χ4v) is 3.34. The first kappa shape index (κ1) is 19.9. The molecule has 1 fully saturated rings. The summed E-state index contributed by atoms with van der Waals surface area (Å²) in [5.41, 5.74) is 0.640. The molecule has 28 heavy (non-hydrogen) atoms. The first-order valence-corrected chi connectivity index (χ1v) is 9.20. The van der Waals surface area contributed by atoms with Crippen molar-refractivity contribution in [1.29, 1.82) is 0 Å². The summed E-state index contributed by atoms with van der Waals surface area (Å²) in [6, 6.07) is 9.11. The van der Waals surface area contributed by atoms with E-state index in [2.05, 4.69) is 5.32 Å². The van der Waals surface area contributed by atoms with Crippen LogP contribution in [0.5, 0.6) is 0 Å². The van der Waals surface area contributed by atoms with Gasteiger partial charge in [0.2, 0.25) is 5.91 Å². The van der Waals surface area contributed by atoms with E-state index in [1.807, 2.05) is 0 Å². The van der Waals surface area contributed by atoms with E-state index in [0.29, 0.717) is 45.0 Å². The molecule has 0 aliphatic carbocycles. The van der Waals surface area contributed by atoms with E-state index in [4.69, 9.17) is 0 Å². The molecule has 0 saturated carbocycles. The van der Waals surface area contributed by atoms with Gasteiger partial charge in [0.1, 0.15) is 17.5 Å². The maximum Gasteiger partial charge on any atom is 0.256 e. The lowest BCUT2D eigenvalue weighted by atomic mass is 9.95. The molecule has 1 N–H and O–H groups in total. The Balaban J connectivity index is 1.46. The third kappa shape index (κ3) is 4.91. The number of halogens is 3. The molecule has 1 saturated heterocycles. The molecular weight excluding hydrogens is 369 g/mol. The van der Waals surface area contributed by atoms with Gasteiger partial charge in [0.25, 0.3) is 5.91 Å². The Morgan fingerprint density at radius 2 is 1.71 bits per heavy atom. The van der Waals surface area contributed by atoms with Gasteiger partial charge >= 0.3 is 0 Å². The lowest BCUT2D eigenvalue weighted by Gasteiger charge is -2.31. The second-order valence-electron chi connectivity index (χ2n) is 6.86. The smallest absolute Gasteiger partial charge is 0.256 e. The first-order chi connectivity index (χ1) is 13.4. The van der Waals surface area contributed by atoms with E-state index < -0.39 is 17.5 Å². The molecule has 0 aromatic heterocycles. The number of carbonyl (C=O) groups excluding carboxylic acids is 2. The zero-order chi connectivity index (χ0) is 20.1. The Kier molecular flexibility index (Phi) is 6.34. The number of likely N-dealkylation sites (tertiary alicyclic amines) is 1. The number of benzene rings is 2. The highest BCUT2D eigenvalue weighted by Gasteiger charge is 2.28. The topological polar surface area (TPSA) is 49.4 Å². The largest absolute Gasteiger partial charge is 0.356 e. The standard InChI is InChI=1S/C21H21F3N2O2/c22-16-3-1-2-14(12-16)6-9-25-20(27)15-7-10-26(11-8-15)21(28)18-5-4-17(23)13-19(18)24/h1-5,12-13,15H,6-11H2,(H,25,27). The van der Waals surface area contributed by atoms with Crippen LogP contribution < -0.4 is 5.32 Å². The van der Waals surface area contributed by atoms with Gasteiger partial charge in [0.15, 0.2) is 0 Å². The summed E-state index contributed by atoms with van der Waals surface area (Å²) in [5, 5.41) is 2.84. The number of hydrogen-bond acceptors (Lipinski definition) is 2. The first-order valence-electron chi connectivity index (χ1n) is 9.20. The maximum absolute atomic E-state index is 13.8. The van der Waals surface area contributed by atoms with Gasteiger partial charge in [-0.25, -0.2) is 13.2 Å². The molecule has 7 heteroatoms. The van der Waals surface area contributed by atoms with Gasteiger partial charge in [-0.05, 0) is 49.1 Å². The number of carbonyl (C=O) groups is 2. The Hall–Kier alpha value is -2.83. The van der Waals surface area contributed by atoms with Gasteiger partial charge in [-0.3, -0.25) is 9.59 Å². The fourth-order valence-electron chi connectivity index (χ4n) is 3.34. The summed E-state index contributed by atoms with van der Waals surface area (Å²) < 4.78 is 39.9. The van der Waals surface area contributed by atoms with Gasteiger partial charge in [0.05, 0.1) is 5.56 Å². The second kappa shape index (κ2) is 8.91. The zero-order valence-corrected chi connectivity index (χ0v) is 15.3. The Morgan fingerprint density at radius 3 is 2.39 bits per heavy atom. The van der Waals surface area contributed by atoms with E-state index in [9.17, 15) is 22.8 Å². The third-order valence-electron chi connectivity index (χ3n) is 4.92. The van der Waals surface area contributed by atoms with Crippen LogP contribution in [0.1, 0.15) is 28.8 Å².